The quantitative estimate of drug-likeness (QED) is 0.521. The van der Waals surface area contributed by atoms with Crippen LogP contribution in [0.3, 0.4) is 0 Å². The number of carbonyl (C=O) groups excluding carboxylic acids is 2. The molecule has 0 bridgehead atoms. The first-order valence-electron chi connectivity index (χ1n) is 7.01. The van der Waals surface area contributed by atoms with Crippen LogP contribution in [-0.4, -0.2) is 53.0 Å². The normalized spacial score (nSPS) is 16.2. The SMILES string of the molecule is [2H]CN(C[2H])[C@@](CCC(N)=O)(C(=O)O)C(=O)OC(C)(C)C. The van der Waals surface area contributed by atoms with Crippen LogP contribution in [0, 0.1) is 0 Å². The van der Waals surface area contributed by atoms with Gasteiger partial charge in [0.25, 0.3) is 0 Å². The maximum atomic E-state index is 12.3. The number of primary amides is 1. The molecule has 0 aromatic carbocycles. The number of rotatable bonds is 6. The smallest absolute Gasteiger partial charge is 0.338 e. The van der Waals surface area contributed by atoms with Crippen molar-refractivity contribution in [2.24, 2.45) is 5.73 Å². The first kappa shape index (κ1) is 13.8. The standard InChI is InChI=1S/C12H22N2O5/c1-11(2,3)19-10(18)12(9(16)17,14(4)5)7-6-8(13)15/h6-7H2,1-5H3,(H2,13,15)(H,16,17)/t12-/m0/s1/i4D,5D. The van der Waals surface area contributed by atoms with Crippen molar-refractivity contribution in [1.29, 1.82) is 0 Å². The molecule has 0 rings (SSSR count). The van der Waals surface area contributed by atoms with Gasteiger partial charge in [-0.15, -0.1) is 0 Å². The van der Waals surface area contributed by atoms with E-state index < -0.39 is 49.5 Å². The summed E-state index contributed by atoms with van der Waals surface area (Å²) in [4.78, 5) is 35.7. The van der Waals surface area contributed by atoms with E-state index in [-0.39, 0.29) is 6.42 Å². The lowest BCUT2D eigenvalue weighted by Gasteiger charge is -2.35. The zero-order chi connectivity index (χ0) is 16.8. The molecular weight excluding hydrogens is 252 g/mol. The summed E-state index contributed by atoms with van der Waals surface area (Å²) in [5, 5.41) is 9.48. The van der Waals surface area contributed by atoms with Crippen molar-refractivity contribution in [3.63, 3.8) is 0 Å². The molecule has 7 heteroatoms. The number of carbonyl (C=O) groups is 3. The molecule has 0 radical (unpaired) electrons. The molecule has 0 fully saturated rings. The van der Waals surface area contributed by atoms with E-state index in [2.05, 4.69) is 0 Å². The van der Waals surface area contributed by atoms with Crippen molar-refractivity contribution in [2.45, 2.75) is 44.8 Å². The molecule has 0 saturated carbocycles. The van der Waals surface area contributed by atoms with Crippen LogP contribution in [0.4, 0.5) is 0 Å². The second kappa shape index (κ2) is 6.01. The third kappa shape index (κ3) is 4.51. The zero-order valence-corrected chi connectivity index (χ0v) is 11.4. The number of esters is 1. The molecule has 1 amide bonds. The van der Waals surface area contributed by atoms with E-state index in [4.69, 9.17) is 13.2 Å². The van der Waals surface area contributed by atoms with Gasteiger partial charge in [0.1, 0.15) is 5.60 Å². The third-order valence-corrected chi connectivity index (χ3v) is 2.36. The van der Waals surface area contributed by atoms with E-state index in [0.29, 0.717) is 0 Å². The molecule has 0 unspecified atom stereocenters. The number of amides is 1. The van der Waals surface area contributed by atoms with Gasteiger partial charge in [0.2, 0.25) is 11.4 Å². The van der Waals surface area contributed by atoms with Gasteiger partial charge in [0, 0.05) is 9.16 Å². The number of nitrogens with zero attached hydrogens (tertiary/aromatic N) is 1. The second-order valence-corrected chi connectivity index (χ2v) is 5.17. The molecule has 0 spiro atoms. The molecular formula is C12H22N2O5. The predicted molar refractivity (Wildman–Crippen MR) is 68.3 cm³/mol. The Hall–Kier alpha value is -1.63. The fourth-order valence-electron chi connectivity index (χ4n) is 1.39. The number of carboxylic acids is 1. The average molecular weight is 276 g/mol. The van der Waals surface area contributed by atoms with Crippen LogP contribution in [0.1, 0.15) is 36.4 Å². The van der Waals surface area contributed by atoms with Crippen LogP contribution >= 0.6 is 0 Å². The van der Waals surface area contributed by atoms with Gasteiger partial charge in [-0.25, -0.2) is 9.59 Å². The topological polar surface area (TPSA) is 110 Å². The molecule has 0 aliphatic carbocycles. The monoisotopic (exact) mass is 276 g/mol. The molecule has 0 saturated heterocycles. The van der Waals surface area contributed by atoms with Gasteiger partial charge in [-0.05, 0) is 41.2 Å². The lowest BCUT2D eigenvalue weighted by atomic mass is 9.91. The Labute approximate surface area is 115 Å². The number of ether oxygens (including phenoxy) is 1. The minimum absolute atomic E-state index is 0.373. The Morgan fingerprint density at radius 3 is 2.16 bits per heavy atom. The van der Waals surface area contributed by atoms with Gasteiger partial charge in [0.15, 0.2) is 0 Å². The molecule has 7 nitrogen and oxygen atoms in total. The van der Waals surface area contributed by atoms with Crippen molar-refractivity contribution in [3.05, 3.63) is 0 Å². The van der Waals surface area contributed by atoms with Crippen molar-refractivity contribution in [2.75, 3.05) is 14.0 Å². The second-order valence-electron chi connectivity index (χ2n) is 5.17. The molecule has 0 aromatic rings. The average Bonchev–Trinajstić information content (AvgIpc) is 2.31. The number of hydrogen-bond acceptors (Lipinski definition) is 5. The van der Waals surface area contributed by atoms with Crippen LogP contribution in [0.2, 0.25) is 0 Å². The lowest BCUT2D eigenvalue weighted by Crippen LogP contribution is -2.59. The van der Waals surface area contributed by atoms with Crippen molar-refractivity contribution in [3.8, 4) is 0 Å². The molecule has 110 valence electrons. The van der Waals surface area contributed by atoms with Gasteiger partial charge in [-0.2, -0.15) is 0 Å². The van der Waals surface area contributed by atoms with Crippen molar-refractivity contribution >= 4 is 17.8 Å². The molecule has 0 aromatic heterocycles. The number of hydrogen-bond donors (Lipinski definition) is 2. The van der Waals surface area contributed by atoms with Crippen molar-refractivity contribution < 1.29 is 27.0 Å². The Balaban J connectivity index is 5.72. The first-order valence-corrected chi connectivity index (χ1v) is 5.60. The summed E-state index contributed by atoms with van der Waals surface area (Å²) in [6, 6.07) is 0. The summed E-state index contributed by atoms with van der Waals surface area (Å²) < 4.78 is 19.8. The fourth-order valence-corrected chi connectivity index (χ4v) is 1.39. The van der Waals surface area contributed by atoms with E-state index >= 15 is 0 Å². The minimum Gasteiger partial charge on any atom is -0.479 e. The summed E-state index contributed by atoms with van der Waals surface area (Å²) in [6.45, 7) is 4.70. The Bertz CT molecular complexity index is 407. The van der Waals surface area contributed by atoms with Gasteiger partial charge in [-0.3, -0.25) is 9.69 Å². The summed E-state index contributed by atoms with van der Waals surface area (Å²) in [6.07, 6.45) is -0.827. The highest BCUT2D eigenvalue weighted by atomic mass is 16.6. The first-order chi connectivity index (χ1) is 9.51. The van der Waals surface area contributed by atoms with E-state index in [1.165, 1.54) is 0 Å². The van der Waals surface area contributed by atoms with Gasteiger partial charge in [0.05, 0.1) is 0 Å². The maximum absolute atomic E-state index is 12.3. The number of carboxylic acid groups (broad SMARTS) is 1. The molecule has 0 aliphatic heterocycles. The highest BCUT2D eigenvalue weighted by molar-refractivity contribution is 6.04. The number of aliphatic carboxylic acids is 1. The summed E-state index contributed by atoms with van der Waals surface area (Å²) >= 11 is 0. The predicted octanol–water partition coefficient (Wildman–Crippen LogP) is -0.0214. The van der Waals surface area contributed by atoms with Crippen LogP contribution in [0.5, 0.6) is 0 Å². The summed E-state index contributed by atoms with van der Waals surface area (Å²) in [5.41, 5.74) is 1.80. The van der Waals surface area contributed by atoms with E-state index in [1.807, 2.05) is 0 Å². The van der Waals surface area contributed by atoms with Crippen LogP contribution in [0.15, 0.2) is 0 Å². The highest BCUT2D eigenvalue weighted by Crippen LogP contribution is 2.24. The van der Waals surface area contributed by atoms with Gasteiger partial charge >= 0.3 is 11.9 Å². The Morgan fingerprint density at radius 1 is 1.32 bits per heavy atom. The van der Waals surface area contributed by atoms with Gasteiger partial charge < -0.3 is 15.6 Å². The molecule has 19 heavy (non-hydrogen) atoms. The molecule has 3 N–H and O–H groups in total. The number of nitrogens with two attached hydrogens (primary N) is 1. The van der Waals surface area contributed by atoms with Crippen LogP contribution < -0.4 is 5.73 Å². The zero-order valence-electron chi connectivity index (χ0n) is 13.4. The largest absolute Gasteiger partial charge is 0.479 e. The molecule has 1 atom stereocenters. The Kier molecular flexibility index (Phi) is 4.36. The van der Waals surface area contributed by atoms with Crippen molar-refractivity contribution in [1.82, 2.24) is 4.90 Å². The highest BCUT2D eigenvalue weighted by Gasteiger charge is 2.51. The Morgan fingerprint density at radius 2 is 1.84 bits per heavy atom. The molecule has 0 heterocycles. The van der Waals surface area contributed by atoms with Gasteiger partial charge in [-0.1, -0.05) is 0 Å². The summed E-state index contributed by atoms with van der Waals surface area (Å²) in [5.74, 6) is -3.46. The van der Waals surface area contributed by atoms with Crippen LogP contribution in [-0.2, 0) is 19.1 Å². The number of likely N-dealkylation sites (N-methyl/N-ethyl adjacent to an activating group) is 1. The van der Waals surface area contributed by atoms with E-state index in [0.717, 1.165) is 4.90 Å². The third-order valence-electron chi connectivity index (χ3n) is 2.36. The molecule has 0 aliphatic rings. The summed E-state index contributed by atoms with van der Waals surface area (Å²) in [7, 11) is -1.21. The van der Waals surface area contributed by atoms with E-state index in [9.17, 15) is 19.5 Å². The van der Waals surface area contributed by atoms with Crippen LogP contribution in [0.25, 0.3) is 0 Å². The minimum atomic E-state index is -2.27. The van der Waals surface area contributed by atoms with E-state index in [1.54, 1.807) is 20.8 Å². The lowest BCUT2D eigenvalue weighted by molar-refractivity contribution is -0.178. The fraction of sp³-hybridized carbons (Fsp3) is 0.750. The maximum Gasteiger partial charge on any atom is 0.338 e.